The van der Waals surface area contributed by atoms with Crippen LogP contribution in [0.4, 0.5) is 0 Å². The molecule has 6 atom stereocenters. The smallest absolute Gasteiger partial charge is 0.242 e. The van der Waals surface area contributed by atoms with Crippen molar-refractivity contribution in [2.45, 2.75) is 56.8 Å². The number of azo groups is 2. The molecule has 0 aromatic rings. The van der Waals surface area contributed by atoms with Gasteiger partial charge >= 0.3 is 0 Å². The van der Waals surface area contributed by atoms with Crippen molar-refractivity contribution in [3.8, 4) is 0 Å². The van der Waals surface area contributed by atoms with E-state index in [1.54, 1.807) is 0 Å². The fourth-order valence-electron chi connectivity index (χ4n) is 4.97. The van der Waals surface area contributed by atoms with Crippen molar-refractivity contribution in [2.75, 3.05) is 0 Å². The first-order valence-corrected chi connectivity index (χ1v) is 6.65. The van der Waals surface area contributed by atoms with Gasteiger partial charge < -0.3 is 15.6 Å². The molecule has 2 saturated carbocycles. The molecule has 4 aliphatic heterocycles. The zero-order valence-corrected chi connectivity index (χ0v) is 10.2. The van der Waals surface area contributed by atoms with Crippen molar-refractivity contribution in [1.82, 2.24) is 0 Å². The van der Waals surface area contributed by atoms with Crippen molar-refractivity contribution in [3.63, 3.8) is 0 Å². The largest absolute Gasteiger partial charge is 0.600 e. The number of hydrogen-bond donors (Lipinski definition) is 0. The van der Waals surface area contributed by atoms with Crippen LogP contribution in [0.5, 0.6) is 0 Å². The maximum Gasteiger partial charge on any atom is 0.242 e. The van der Waals surface area contributed by atoms with Gasteiger partial charge in [0.05, 0.1) is 5.92 Å². The van der Waals surface area contributed by atoms with Crippen LogP contribution in [-0.2, 0) is 0 Å². The predicted octanol–water partition coefficient (Wildman–Crippen LogP) is 1.13. The molecule has 2 fully saturated rings. The Balaban J connectivity index is 1.92. The Morgan fingerprint density at radius 1 is 1.00 bits per heavy atom. The van der Waals surface area contributed by atoms with Gasteiger partial charge in [0.25, 0.3) is 0 Å². The molecule has 2 aliphatic carbocycles. The molecule has 4 heterocycles. The number of fused-ring (bicyclic) bond motifs is 2. The van der Waals surface area contributed by atoms with Crippen LogP contribution in [0.3, 0.4) is 0 Å². The molecular weight excluding hydrogens is 236 g/mol. The van der Waals surface area contributed by atoms with Crippen molar-refractivity contribution >= 4 is 0 Å². The summed E-state index contributed by atoms with van der Waals surface area (Å²) >= 11 is 0. The first kappa shape index (κ1) is 10.5. The normalized spacial score (nSPS) is 53.4. The van der Waals surface area contributed by atoms with Crippen LogP contribution in [0.2, 0.25) is 0 Å². The standard InChI is InChI=1S/C11H16N4O3/c1-11-8-4-2-6(12-13(8)16)10(11)7-3-5-9(11)15(18)14(7)17/h6-10H,2-5H2,1H3/t6?,7?,8-,9+,10?,11+/m0/s1. The van der Waals surface area contributed by atoms with Crippen LogP contribution >= 0.6 is 0 Å². The minimum atomic E-state index is -0.377. The second-order valence-corrected chi connectivity index (χ2v) is 6.24. The highest BCUT2D eigenvalue weighted by Crippen LogP contribution is 2.57. The Labute approximate surface area is 104 Å². The van der Waals surface area contributed by atoms with E-state index in [0.29, 0.717) is 9.72 Å². The summed E-state index contributed by atoms with van der Waals surface area (Å²) in [5.41, 5.74) is -0.377. The van der Waals surface area contributed by atoms with Crippen molar-refractivity contribution < 1.29 is 14.6 Å². The molecule has 7 heteroatoms. The van der Waals surface area contributed by atoms with E-state index in [0.717, 1.165) is 30.5 Å². The van der Waals surface area contributed by atoms with E-state index in [4.69, 9.17) is 0 Å². The topological polar surface area (TPSA) is 90.6 Å². The Bertz CT molecular complexity index is 491. The van der Waals surface area contributed by atoms with E-state index in [9.17, 15) is 15.6 Å². The molecule has 0 spiro atoms. The summed E-state index contributed by atoms with van der Waals surface area (Å²) in [5, 5.41) is 40.0. The molecule has 4 bridgehead atoms. The molecule has 0 saturated heterocycles. The quantitative estimate of drug-likeness (QED) is 0.478. The van der Waals surface area contributed by atoms with Crippen molar-refractivity contribution in [1.29, 1.82) is 0 Å². The molecule has 6 aliphatic rings. The van der Waals surface area contributed by atoms with Gasteiger partial charge in [0, 0.05) is 29.0 Å². The summed E-state index contributed by atoms with van der Waals surface area (Å²) in [6.45, 7) is 2.02. The molecule has 18 heavy (non-hydrogen) atoms. The highest BCUT2D eigenvalue weighted by Gasteiger charge is 2.74. The molecule has 0 aromatic carbocycles. The van der Waals surface area contributed by atoms with Gasteiger partial charge in [-0.15, -0.1) is 0 Å². The minimum absolute atomic E-state index is 0.0721. The fraction of sp³-hybridized carbons (Fsp3) is 1.00. The lowest BCUT2D eigenvalue weighted by atomic mass is 9.51. The monoisotopic (exact) mass is 252 g/mol. The first-order chi connectivity index (χ1) is 8.55. The van der Waals surface area contributed by atoms with Crippen LogP contribution in [0.1, 0.15) is 32.6 Å². The third kappa shape index (κ3) is 0.906. The molecule has 98 valence electrons. The van der Waals surface area contributed by atoms with E-state index in [1.165, 1.54) is 0 Å². The zero-order valence-electron chi connectivity index (χ0n) is 10.2. The molecule has 0 aromatic heterocycles. The second kappa shape index (κ2) is 2.95. The summed E-state index contributed by atoms with van der Waals surface area (Å²) in [5.74, 6) is 0.0721. The first-order valence-electron chi connectivity index (χ1n) is 6.65. The lowest BCUT2D eigenvalue weighted by molar-refractivity contribution is -1.03. The molecule has 3 unspecified atom stereocenters. The average molecular weight is 252 g/mol. The number of hydrogen-bond acceptors (Lipinski definition) is 4. The number of hydroxylamine groups is 3. The average Bonchev–Trinajstić information content (AvgIpc) is 2.34. The maximum absolute atomic E-state index is 12.0. The van der Waals surface area contributed by atoms with Gasteiger partial charge in [0.1, 0.15) is 11.5 Å². The lowest BCUT2D eigenvalue weighted by Gasteiger charge is -2.54. The maximum atomic E-state index is 12.0. The van der Waals surface area contributed by atoms with Crippen molar-refractivity contribution in [3.05, 3.63) is 15.6 Å². The summed E-state index contributed by atoms with van der Waals surface area (Å²) in [6, 6.07) is -0.951. The van der Waals surface area contributed by atoms with Crippen LogP contribution in [0, 0.1) is 27.0 Å². The van der Waals surface area contributed by atoms with E-state index >= 15 is 0 Å². The van der Waals surface area contributed by atoms with Gasteiger partial charge in [-0.2, -0.15) is 0 Å². The van der Waals surface area contributed by atoms with Crippen LogP contribution in [0.15, 0.2) is 5.11 Å². The Kier molecular flexibility index (Phi) is 1.72. The minimum Gasteiger partial charge on any atom is -0.600 e. The van der Waals surface area contributed by atoms with Gasteiger partial charge in [-0.3, -0.25) is 0 Å². The second-order valence-electron chi connectivity index (χ2n) is 6.24. The van der Waals surface area contributed by atoms with E-state index in [-0.39, 0.29) is 35.5 Å². The fourth-order valence-corrected chi connectivity index (χ4v) is 4.97. The number of rotatable bonds is 0. The highest BCUT2D eigenvalue weighted by molar-refractivity contribution is 5.09. The third-order valence-electron chi connectivity index (χ3n) is 5.73. The summed E-state index contributed by atoms with van der Waals surface area (Å²) in [7, 11) is 0. The van der Waals surface area contributed by atoms with Crippen LogP contribution in [0.25, 0.3) is 0 Å². The van der Waals surface area contributed by atoms with Gasteiger partial charge in [0.2, 0.25) is 18.1 Å². The zero-order chi connectivity index (χ0) is 12.7. The van der Waals surface area contributed by atoms with E-state index in [1.807, 2.05) is 6.92 Å². The Hall–Kier alpha value is -1.40. The van der Waals surface area contributed by atoms with Gasteiger partial charge in [0.15, 0.2) is 0 Å². The molecule has 0 amide bonds. The van der Waals surface area contributed by atoms with Gasteiger partial charge in [-0.05, 0) is 18.5 Å². The van der Waals surface area contributed by atoms with E-state index in [2.05, 4.69) is 5.11 Å². The summed E-state index contributed by atoms with van der Waals surface area (Å²) in [4.78, 5) is 2.00. The predicted molar refractivity (Wildman–Crippen MR) is 58.5 cm³/mol. The molecule has 7 nitrogen and oxygen atoms in total. The molecule has 6 rings (SSSR count). The lowest BCUT2D eigenvalue weighted by Crippen LogP contribution is -2.72. The summed E-state index contributed by atoms with van der Waals surface area (Å²) < 4.78 is 0. The Morgan fingerprint density at radius 2 is 1.72 bits per heavy atom. The molecular formula is C11H16N4O3. The Morgan fingerprint density at radius 3 is 2.44 bits per heavy atom. The highest BCUT2D eigenvalue weighted by atomic mass is 16.6. The third-order valence-corrected chi connectivity index (χ3v) is 5.73. The SMILES string of the molecule is C[C@@]12C(C3CC[C@@H]1[N+]([O-])=N3)C1CC[C@H]2[N+]([O-])=[N+]1[O-]. The van der Waals surface area contributed by atoms with Crippen LogP contribution < -0.4 is 0 Å². The van der Waals surface area contributed by atoms with Gasteiger partial charge in [-0.1, -0.05) is 4.86 Å². The molecule has 0 radical (unpaired) electrons. The number of nitrogens with zero attached hydrogens (tertiary/aromatic N) is 4. The van der Waals surface area contributed by atoms with E-state index < -0.39 is 0 Å². The summed E-state index contributed by atoms with van der Waals surface area (Å²) in [6.07, 6.45) is 3.14. The van der Waals surface area contributed by atoms with Gasteiger partial charge in [-0.25, -0.2) is 0 Å². The molecule has 0 N–H and O–H groups in total. The van der Waals surface area contributed by atoms with Crippen molar-refractivity contribution in [2.24, 2.45) is 16.4 Å². The van der Waals surface area contributed by atoms with Crippen LogP contribution in [-0.4, -0.2) is 38.7 Å².